The van der Waals surface area contributed by atoms with Crippen LogP contribution in [0.4, 0.5) is 0 Å². The van der Waals surface area contributed by atoms with Gasteiger partial charge in [0.15, 0.2) is 8.11 Å². The molecule has 0 spiro atoms. The Bertz CT molecular complexity index is 12.4. The summed E-state index contributed by atoms with van der Waals surface area (Å²) in [6, 6.07) is 0. The minimum atomic E-state index is -0.407. The highest BCUT2D eigenvalue weighted by Crippen LogP contribution is 1.79. The summed E-state index contributed by atoms with van der Waals surface area (Å²) in [6.45, 7) is 4.07. The van der Waals surface area contributed by atoms with E-state index < -0.39 is 8.11 Å². The van der Waals surface area contributed by atoms with Crippen molar-refractivity contribution in [2.75, 3.05) is 0 Å². The zero-order chi connectivity index (χ0) is 3.58. The zero-order valence-electron chi connectivity index (χ0n) is 3.38. The van der Waals surface area contributed by atoms with Crippen molar-refractivity contribution in [2.45, 2.75) is 13.1 Å². The Labute approximate surface area is 43.9 Å². The largest absolute Gasteiger partial charge is 0.170 e. The molecule has 0 fully saturated rings. The summed E-state index contributed by atoms with van der Waals surface area (Å²) in [5.74, 6) is 0. The summed E-state index contributed by atoms with van der Waals surface area (Å²) in [4.78, 5) is 0. The maximum absolute atomic E-state index is 5.38. The number of hydrogen-bond acceptors (Lipinski definition) is 0. The van der Waals surface area contributed by atoms with Gasteiger partial charge in [0.05, 0.1) is 0 Å². The van der Waals surface area contributed by atoms with Crippen molar-refractivity contribution in [3.05, 3.63) is 0 Å². The van der Waals surface area contributed by atoms with Gasteiger partial charge in [0.25, 0.3) is 0 Å². The molecular formula is C2H6ClSi2. The normalized spacial score (nSPS) is 7.20. The highest BCUT2D eigenvalue weighted by molar-refractivity contribution is 7.05. The van der Waals surface area contributed by atoms with Crippen LogP contribution in [0.2, 0.25) is 13.1 Å². The zero-order valence-corrected chi connectivity index (χ0v) is 6.13. The number of rotatable bonds is 0. The van der Waals surface area contributed by atoms with Crippen LogP contribution in [-0.2, 0) is 0 Å². The van der Waals surface area contributed by atoms with Gasteiger partial charge in [-0.1, -0.05) is 13.1 Å². The molecule has 0 saturated heterocycles. The second-order valence-electron chi connectivity index (χ2n) is 0.878. The predicted octanol–water partition coefficient (Wildman–Crippen LogP) is 1.10. The van der Waals surface area contributed by atoms with Gasteiger partial charge in [-0.05, 0) is 0 Å². The molecule has 0 aliphatic carbocycles. The molecule has 0 atom stereocenters. The fraction of sp³-hybridized carbons (Fsp3) is 1.00. The molecule has 29 valence electrons. The summed E-state index contributed by atoms with van der Waals surface area (Å²) in [7, 11) is -0.407. The lowest BCUT2D eigenvalue weighted by Gasteiger charge is -1.70. The van der Waals surface area contributed by atoms with Crippen LogP contribution in [0.5, 0.6) is 0 Å². The monoisotopic (exact) mass is 121 g/mol. The Morgan fingerprint density at radius 2 is 1.40 bits per heavy atom. The second-order valence-corrected chi connectivity index (χ2v) is 4.90. The smallest absolute Gasteiger partial charge is 0.158 e. The third-order valence-electron chi connectivity index (χ3n) is 0. The van der Waals surface area contributed by atoms with E-state index in [1.165, 1.54) is 0 Å². The van der Waals surface area contributed by atoms with E-state index in [0.717, 1.165) is 0 Å². The van der Waals surface area contributed by atoms with Crippen LogP contribution >= 0.6 is 11.1 Å². The van der Waals surface area contributed by atoms with E-state index >= 15 is 0 Å². The van der Waals surface area contributed by atoms with Crippen LogP contribution in [0.1, 0.15) is 0 Å². The van der Waals surface area contributed by atoms with E-state index in [2.05, 4.69) is 0 Å². The van der Waals surface area contributed by atoms with Crippen LogP contribution in [-0.4, -0.2) is 19.1 Å². The molecule has 0 unspecified atom stereocenters. The fourth-order valence-electron chi connectivity index (χ4n) is 0. The molecule has 0 aliphatic rings. The maximum atomic E-state index is 5.38. The standard InChI is InChI=1S/C2H6ClSi.Si/c1-4(2)3;/h1-2H3;. The molecule has 0 saturated carbocycles. The summed E-state index contributed by atoms with van der Waals surface area (Å²) < 4.78 is 0. The molecule has 3 heteroatoms. The van der Waals surface area contributed by atoms with E-state index in [1.807, 2.05) is 13.1 Å². The number of halogens is 1. The molecule has 0 rings (SSSR count). The quantitative estimate of drug-likeness (QED) is 0.333. The molecule has 0 aromatic rings. The third kappa shape index (κ3) is 66.9. The van der Waals surface area contributed by atoms with Gasteiger partial charge in [-0.3, -0.25) is 0 Å². The molecule has 5 radical (unpaired) electrons. The first-order valence-electron chi connectivity index (χ1n) is 1.19. The van der Waals surface area contributed by atoms with Gasteiger partial charge >= 0.3 is 0 Å². The minimum absolute atomic E-state index is 0. The van der Waals surface area contributed by atoms with E-state index in [4.69, 9.17) is 11.1 Å². The molecular weight excluding hydrogens is 116 g/mol. The topological polar surface area (TPSA) is 0 Å². The van der Waals surface area contributed by atoms with Crippen molar-refractivity contribution in [2.24, 2.45) is 0 Å². The van der Waals surface area contributed by atoms with E-state index in [-0.39, 0.29) is 11.0 Å². The van der Waals surface area contributed by atoms with Gasteiger partial charge < -0.3 is 0 Å². The van der Waals surface area contributed by atoms with E-state index in [1.54, 1.807) is 0 Å². The molecule has 5 heavy (non-hydrogen) atoms. The Morgan fingerprint density at radius 3 is 1.40 bits per heavy atom. The predicted molar refractivity (Wildman–Crippen MR) is 29.1 cm³/mol. The number of hydrogen-bond donors (Lipinski definition) is 0. The summed E-state index contributed by atoms with van der Waals surface area (Å²) in [5, 5.41) is 0. The van der Waals surface area contributed by atoms with Crippen molar-refractivity contribution >= 4 is 30.2 Å². The lowest BCUT2D eigenvalue weighted by atomic mass is 11.9. The maximum Gasteiger partial charge on any atom is 0.158 e. The third-order valence-corrected chi connectivity index (χ3v) is 0. The molecule has 0 aliphatic heterocycles. The van der Waals surface area contributed by atoms with Crippen LogP contribution in [0.3, 0.4) is 0 Å². The van der Waals surface area contributed by atoms with Crippen molar-refractivity contribution < 1.29 is 0 Å². The first-order valence-corrected chi connectivity index (χ1v) is 4.70. The Kier molecular flexibility index (Phi) is 8.70. The van der Waals surface area contributed by atoms with Gasteiger partial charge in [0.2, 0.25) is 0 Å². The second kappa shape index (κ2) is 4.72. The van der Waals surface area contributed by atoms with Crippen LogP contribution in [0.15, 0.2) is 0 Å². The van der Waals surface area contributed by atoms with Crippen molar-refractivity contribution in [3.8, 4) is 0 Å². The molecule has 0 aromatic heterocycles. The molecule has 0 nitrogen and oxygen atoms in total. The summed E-state index contributed by atoms with van der Waals surface area (Å²) in [6.07, 6.45) is 0. The van der Waals surface area contributed by atoms with E-state index in [0.29, 0.717) is 0 Å². The van der Waals surface area contributed by atoms with Gasteiger partial charge in [-0.25, -0.2) is 0 Å². The van der Waals surface area contributed by atoms with Crippen LogP contribution in [0, 0.1) is 0 Å². The first-order chi connectivity index (χ1) is 1.73. The molecule has 0 bridgehead atoms. The first kappa shape index (κ1) is 9.21. The Morgan fingerprint density at radius 1 is 1.40 bits per heavy atom. The molecule has 0 aromatic carbocycles. The van der Waals surface area contributed by atoms with Crippen molar-refractivity contribution in [1.82, 2.24) is 0 Å². The average Bonchev–Trinajstić information content (AvgIpc) is 0.811. The van der Waals surface area contributed by atoms with Crippen LogP contribution < -0.4 is 0 Å². The average molecular weight is 122 g/mol. The van der Waals surface area contributed by atoms with Gasteiger partial charge in [0.1, 0.15) is 0 Å². The lowest BCUT2D eigenvalue weighted by molar-refractivity contribution is 2.10. The van der Waals surface area contributed by atoms with Gasteiger partial charge in [-0.15, -0.1) is 0 Å². The molecule has 0 heterocycles. The van der Waals surface area contributed by atoms with Gasteiger partial charge in [-0.2, -0.15) is 11.1 Å². The SMILES string of the molecule is C[Si](C)Cl.[Si]. The Hall–Kier alpha value is 0.724. The van der Waals surface area contributed by atoms with Crippen molar-refractivity contribution in [1.29, 1.82) is 0 Å². The van der Waals surface area contributed by atoms with Crippen LogP contribution in [0.25, 0.3) is 0 Å². The summed E-state index contributed by atoms with van der Waals surface area (Å²) in [5.41, 5.74) is 0. The fourth-order valence-corrected chi connectivity index (χ4v) is 0. The Balaban J connectivity index is 0. The molecule has 0 amide bonds. The highest BCUT2D eigenvalue weighted by Gasteiger charge is 1.77. The lowest BCUT2D eigenvalue weighted by Crippen LogP contribution is -1.78. The van der Waals surface area contributed by atoms with E-state index in [9.17, 15) is 0 Å². The van der Waals surface area contributed by atoms with Gasteiger partial charge in [0, 0.05) is 11.0 Å². The highest BCUT2D eigenvalue weighted by atomic mass is 35.6. The summed E-state index contributed by atoms with van der Waals surface area (Å²) >= 11 is 5.38. The van der Waals surface area contributed by atoms with Crippen molar-refractivity contribution in [3.63, 3.8) is 0 Å². The minimum Gasteiger partial charge on any atom is -0.170 e. The molecule has 0 N–H and O–H groups in total.